The van der Waals surface area contributed by atoms with Crippen LogP contribution in [-0.2, 0) is 4.79 Å². The molecule has 1 rings (SSSR count). The number of nitrogens with zero attached hydrogens (tertiary/aromatic N) is 2. The van der Waals surface area contributed by atoms with E-state index in [0.717, 1.165) is 45.0 Å². The zero-order valence-electron chi connectivity index (χ0n) is 11.8. The van der Waals surface area contributed by atoms with Gasteiger partial charge in [-0.2, -0.15) is 0 Å². The van der Waals surface area contributed by atoms with Gasteiger partial charge >= 0.3 is 0 Å². The minimum atomic E-state index is 0.155. The summed E-state index contributed by atoms with van der Waals surface area (Å²) in [6, 6.07) is 0. The summed E-state index contributed by atoms with van der Waals surface area (Å²) in [4.78, 5) is 18.1. The maximum atomic E-state index is 11.3. The minimum Gasteiger partial charge on any atom is -0.359 e. The van der Waals surface area contributed by atoms with Gasteiger partial charge < -0.3 is 15.5 Å². The fourth-order valence-corrected chi connectivity index (χ4v) is 2.29. The Kier molecular flexibility index (Phi) is 6.54. The van der Waals surface area contributed by atoms with Crippen LogP contribution >= 0.6 is 0 Å². The summed E-state index contributed by atoms with van der Waals surface area (Å²) >= 11 is 0. The summed E-state index contributed by atoms with van der Waals surface area (Å²) in [5.41, 5.74) is 0. The van der Waals surface area contributed by atoms with E-state index in [9.17, 15) is 4.79 Å². The Bertz CT molecular complexity index is 283. The van der Waals surface area contributed by atoms with E-state index in [2.05, 4.69) is 34.4 Å². The molecule has 0 bridgehead atoms. The molecule has 104 valence electrons. The number of carbonyl (C=O) groups excluding carboxylic acids is 1. The Morgan fingerprint density at radius 2 is 2.00 bits per heavy atom. The molecule has 18 heavy (non-hydrogen) atoms. The Balaban J connectivity index is 2.42. The van der Waals surface area contributed by atoms with Gasteiger partial charge in [-0.3, -0.25) is 9.79 Å². The van der Waals surface area contributed by atoms with Crippen molar-refractivity contribution in [3.8, 4) is 0 Å². The molecule has 5 heteroatoms. The van der Waals surface area contributed by atoms with Gasteiger partial charge in [-0.25, -0.2) is 0 Å². The number of nitrogens with one attached hydrogen (secondary N) is 2. The molecular formula is C13H26N4O. The van der Waals surface area contributed by atoms with Crippen LogP contribution in [0.5, 0.6) is 0 Å². The molecule has 1 heterocycles. The van der Waals surface area contributed by atoms with E-state index >= 15 is 0 Å². The lowest BCUT2D eigenvalue weighted by Gasteiger charge is -2.34. The van der Waals surface area contributed by atoms with Gasteiger partial charge in [0.25, 0.3) is 0 Å². The molecule has 1 saturated heterocycles. The predicted molar refractivity (Wildman–Crippen MR) is 74.6 cm³/mol. The van der Waals surface area contributed by atoms with E-state index < -0.39 is 0 Å². The van der Waals surface area contributed by atoms with Crippen molar-refractivity contribution < 1.29 is 4.79 Å². The number of likely N-dealkylation sites (tertiary alicyclic amines) is 1. The maximum absolute atomic E-state index is 11.3. The molecule has 1 amide bonds. The molecule has 1 aliphatic rings. The zero-order valence-corrected chi connectivity index (χ0v) is 11.8. The molecule has 0 saturated carbocycles. The van der Waals surface area contributed by atoms with E-state index in [4.69, 9.17) is 0 Å². The van der Waals surface area contributed by atoms with Crippen LogP contribution in [0.15, 0.2) is 4.99 Å². The largest absolute Gasteiger partial charge is 0.359 e. The third-order valence-electron chi connectivity index (χ3n) is 3.31. The van der Waals surface area contributed by atoms with Crippen molar-refractivity contribution in [2.75, 3.05) is 33.2 Å². The van der Waals surface area contributed by atoms with Crippen LogP contribution in [0.25, 0.3) is 0 Å². The van der Waals surface area contributed by atoms with Gasteiger partial charge in [-0.05, 0) is 32.6 Å². The Morgan fingerprint density at radius 3 is 2.50 bits per heavy atom. The molecule has 2 N–H and O–H groups in total. The molecule has 0 radical (unpaired) electrons. The Hall–Kier alpha value is -1.26. The third-order valence-corrected chi connectivity index (χ3v) is 3.31. The maximum Gasteiger partial charge on any atom is 0.220 e. The number of hydrogen-bond donors (Lipinski definition) is 2. The summed E-state index contributed by atoms with van der Waals surface area (Å²) in [6.07, 6.45) is 2.80. The smallest absolute Gasteiger partial charge is 0.220 e. The predicted octanol–water partition coefficient (Wildman–Crippen LogP) is 0.820. The van der Waals surface area contributed by atoms with Crippen LogP contribution in [0.3, 0.4) is 0 Å². The quantitative estimate of drug-likeness (QED) is 0.577. The number of amides is 1. The molecule has 1 fully saturated rings. The Morgan fingerprint density at radius 1 is 1.33 bits per heavy atom. The van der Waals surface area contributed by atoms with E-state index in [1.807, 2.05) is 0 Å². The van der Waals surface area contributed by atoms with E-state index in [-0.39, 0.29) is 5.91 Å². The van der Waals surface area contributed by atoms with Crippen molar-refractivity contribution in [2.45, 2.75) is 33.1 Å². The van der Waals surface area contributed by atoms with Crippen molar-refractivity contribution in [1.29, 1.82) is 0 Å². The second-order valence-electron chi connectivity index (χ2n) is 4.64. The average molecular weight is 254 g/mol. The van der Waals surface area contributed by atoms with Crippen LogP contribution < -0.4 is 10.6 Å². The van der Waals surface area contributed by atoms with Gasteiger partial charge in [-0.15, -0.1) is 0 Å². The molecule has 0 aromatic heterocycles. The molecule has 0 aliphatic carbocycles. The summed E-state index contributed by atoms with van der Waals surface area (Å²) in [7, 11) is 1.70. The van der Waals surface area contributed by atoms with Crippen LogP contribution in [0, 0.1) is 5.92 Å². The zero-order chi connectivity index (χ0) is 13.4. The molecule has 0 aromatic carbocycles. The highest BCUT2D eigenvalue weighted by Gasteiger charge is 2.22. The molecule has 0 atom stereocenters. The normalized spacial score (nSPS) is 17.7. The first-order chi connectivity index (χ1) is 8.71. The number of rotatable bonds is 4. The molecule has 0 unspecified atom stereocenters. The topological polar surface area (TPSA) is 56.7 Å². The summed E-state index contributed by atoms with van der Waals surface area (Å²) in [5, 5.41) is 6.01. The van der Waals surface area contributed by atoms with E-state index in [0.29, 0.717) is 12.3 Å². The highest BCUT2D eigenvalue weighted by Crippen LogP contribution is 2.20. The fraction of sp³-hybridized carbons (Fsp3) is 0.846. The van der Waals surface area contributed by atoms with Gasteiger partial charge in [0, 0.05) is 39.6 Å². The monoisotopic (exact) mass is 254 g/mol. The summed E-state index contributed by atoms with van der Waals surface area (Å²) in [6.45, 7) is 7.83. The number of guanidine groups is 1. The molecule has 0 aromatic rings. The minimum absolute atomic E-state index is 0.155. The standard InChI is InChI=1S/C13H26N4O/c1-4-15-13(16-5-2)17-8-6-11(7-9-17)10-12(18)14-3/h11H,4-10H2,1-3H3,(H,14,18)(H,15,16). The van der Waals surface area contributed by atoms with Gasteiger partial charge in [-0.1, -0.05) is 0 Å². The number of carbonyl (C=O) groups is 1. The van der Waals surface area contributed by atoms with Gasteiger partial charge in [0.1, 0.15) is 0 Å². The molecule has 0 spiro atoms. The van der Waals surface area contributed by atoms with Crippen molar-refractivity contribution in [2.24, 2.45) is 10.9 Å². The van der Waals surface area contributed by atoms with E-state index in [1.165, 1.54) is 0 Å². The van der Waals surface area contributed by atoms with Gasteiger partial charge in [0.05, 0.1) is 0 Å². The second kappa shape index (κ2) is 7.95. The first kappa shape index (κ1) is 14.8. The molecule has 5 nitrogen and oxygen atoms in total. The highest BCUT2D eigenvalue weighted by molar-refractivity contribution is 5.80. The number of aliphatic imine (C=N–C) groups is 1. The van der Waals surface area contributed by atoms with Crippen molar-refractivity contribution in [1.82, 2.24) is 15.5 Å². The van der Waals surface area contributed by atoms with Gasteiger partial charge in [0.15, 0.2) is 5.96 Å². The van der Waals surface area contributed by atoms with E-state index in [1.54, 1.807) is 7.05 Å². The van der Waals surface area contributed by atoms with Crippen LogP contribution in [-0.4, -0.2) is 50.0 Å². The fourth-order valence-electron chi connectivity index (χ4n) is 2.29. The van der Waals surface area contributed by atoms with Crippen molar-refractivity contribution in [3.63, 3.8) is 0 Å². The highest BCUT2D eigenvalue weighted by atomic mass is 16.1. The summed E-state index contributed by atoms with van der Waals surface area (Å²) < 4.78 is 0. The van der Waals surface area contributed by atoms with Crippen LogP contribution in [0.4, 0.5) is 0 Å². The number of hydrogen-bond acceptors (Lipinski definition) is 2. The molecule has 1 aliphatic heterocycles. The average Bonchev–Trinajstić information content (AvgIpc) is 2.39. The SMILES string of the molecule is CCN=C(NCC)N1CCC(CC(=O)NC)CC1. The van der Waals surface area contributed by atoms with Gasteiger partial charge in [0.2, 0.25) is 5.91 Å². The summed E-state index contributed by atoms with van der Waals surface area (Å²) in [5.74, 6) is 1.69. The molecular weight excluding hydrogens is 228 g/mol. The first-order valence-electron chi connectivity index (χ1n) is 6.95. The van der Waals surface area contributed by atoms with Crippen LogP contribution in [0.1, 0.15) is 33.1 Å². The third kappa shape index (κ3) is 4.55. The second-order valence-corrected chi connectivity index (χ2v) is 4.64. The number of piperidine rings is 1. The lowest BCUT2D eigenvalue weighted by molar-refractivity contribution is -0.121. The van der Waals surface area contributed by atoms with Crippen molar-refractivity contribution in [3.05, 3.63) is 0 Å². The van der Waals surface area contributed by atoms with Crippen molar-refractivity contribution >= 4 is 11.9 Å². The Labute approximate surface area is 110 Å². The lowest BCUT2D eigenvalue weighted by Crippen LogP contribution is -2.46. The first-order valence-corrected chi connectivity index (χ1v) is 6.95. The lowest BCUT2D eigenvalue weighted by atomic mass is 9.93. The van der Waals surface area contributed by atoms with Crippen LogP contribution in [0.2, 0.25) is 0 Å².